The molecule has 0 bridgehead atoms. The van der Waals surface area contributed by atoms with Crippen molar-refractivity contribution in [2.45, 2.75) is 0 Å². The summed E-state index contributed by atoms with van der Waals surface area (Å²) in [6, 6.07) is 89.2. The van der Waals surface area contributed by atoms with Crippen LogP contribution in [-0.2, 0) is 0 Å². The standard InChI is InChI=1S/C60H41NO/c1-4-16-42(17-5-1)44-28-30-45(31-29-44)46-32-35-49(36-33-46)61(50-37-39-60-57(41-50)55-25-13-15-27-59(55)62-60)58-26-14-12-24-54(58)56-40-48(43-18-6-2-7-19-43)34-38-53(56)52-23-11-10-22-51(52)47-20-8-3-9-21-47/h1-41H. The first-order chi connectivity index (χ1) is 30.7. The van der Waals surface area contributed by atoms with Crippen molar-refractivity contribution in [3.05, 3.63) is 249 Å². The van der Waals surface area contributed by atoms with Gasteiger partial charge in [0.05, 0.1) is 5.69 Å². The molecule has 1 aromatic heterocycles. The summed E-state index contributed by atoms with van der Waals surface area (Å²) in [5, 5.41) is 2.18. The molecule has 62 heavy (non-hydrogen) atoms. The summed E-state index contributed by atoms with van der Waals surface area (Å²) in [5.41, 5.74) is 19.0. The van der Waals surface area contributed by atoms with Gasteiger partial charge in [-0.3, -0.25) is 0 Å². The van der Waals surface area contributed by atoms with Crippen LogP contribution in [0.15, 0.2) is 253 Å². The van der Waals surface area contributed by atoms with Gasteiger partial charge in [0.15, 0.2) is 0 Å². The van der Waals surface area contributed by atoms with Crippen LogP contribution in [-0.4, -0.2) is 0 Å². The Labute approximate surface area is 362 Å². The summed E-state index contributed by atoms with van der Waals surface area (Å²) in [6.45, 7) is 0. The fraction of sp³-hybridized carbons (Fsp3) is 0. The van der Waals surface area contributed by atoms with Crippen molar-refractivity contribution < 1.29 is 4.42 Å². The van der Waals surface area contributed by atoms with E-state index in [2.05, 4.69) is 241 Å². The number of rotatable bonds is 9. The third-order valence-electron chi connectivity index (χ3n) is 11.9. The molecule has 0 saturated carbocycles. The second-order valence-electron chi connectivity index (χ2n) is 15.7. The van der Waals surface area contributed by atoms with E-state index in [1.54, 1.807) is 0 Å². The average Bonchev–Trinajstić information content (AvgIpc) is 3.73. The lowest BCUT2D eigenvalue weighted by molar-refractivity contribution is 0.669. The van der Waals surface area contributed by atoms with Gasteiger partial charge in [0.1, 0.15) is 11.2 Å². The van der Waals surface area contributed by atoms with Crippen LogP contribution in [0.25, 0.3) is 88.7 Å². The van der Waals surface area contributed by atoms with E-state index in [1.165, 1.54) is 44.5 Å². The van der Waals surface area contributed by atoms with Gasteiger partial charge >= 0.3 is 0 Å². The van der Waals surface area contributed by atoms with Crippen LogP contribution >= 0.6 is 0 Å². The molecule has 0 fully saturated rings. The van der Waals surface area contributed by atoms with E-state index in [-0.39, 0.29) is 0 Å². The van der Waals surface area contributed by atoms with Gasteiger partial charge in [-0.15, -0.1) is 0 Å². The van der Waals surface area contributed by atoms with Crippen LogP contribution < -0.4 is 4.90 Å². The molecule has 2 nitrogen and oxygen atoms in total. The third-order valence-corrected chi connectivity index (χ3v) is 11.9. The minimum Gasteiger partial charge on any atom is -0.456 e. The molecule has 292 valence electrons. The van der Waals surface area contributed by atoms with Gasteiger partial charge in [-0.2, -0.15) is 0 Å². The largest absolute Gasteiger partial charge is 0.456 e. The van der Waals surface area contributed by atoms with Gasteiger partial charge in [-0.05, 0) is 110 Å². The molecule has 0 aliphatic carbocycles. The SMILES string of the molecule is c1ccc(-c2ccc(-c3ccc(N(c4ccc5oc6ccccc6c5c4)c4ccccc4-c4cc(-c5ccccc5)ccc4-c4ccccc4-c4ccccc4)cc3)cc2)cc1. The Morgan fingerprint density at radius 1 is 0.242 bits per heavy atom. The average molecular weight is 792 g/mol. The summed E-state index contributed by atoms with van der Waals surface area (Å²) < 4.78 is 6.34. The summed E-state index contributed by atoms with van der Waals surface area (Å²) in [4.78, 5) is 2.40. The first-order valence-corrected chi connectivity index (χ1v) is 21.2. The third kappa shape index (κ3) is 6.94. The molecular formula is C60H41NO. The molecule has 1 heterocycles. The number of furan rings is 1. The number of nitrogens with zero attached hydrogens (tertiary/aromatic N) is 1. The van der Waals surface area contributed by atoms with E-state index in [1.807, 2.05) is 12.1 Å². The molecule has 0 spiro atoms. The fourth-order valence-electron chi connectivity index (χ4n) is 8.87. The van der Waals surface area contributed by atoms with Gasteiger partial charge in [-0.1, -0.05) is 200 Å². The number of fused-ring (bicyclic) bond motifs is 3. The van der Waals surface area contributed by atoms with Crippen molar-refractivity contribution in [1.82, 2.24) is 0 Å². The highest BCUT2D eigenvalue weighted by Crippen LogP contribution is 2.47. The Hall–Kier alpha value is -8.20. The van der Waals surface area contributed by atoms with Gasteiger partial charge in [0.25, 0.3) is 0 Å². The molecule has 11 aromatic rings. The van der Waals surface area contributed by atoms with Gasteiger partial charge in [-0.25, -0.2) is 0 Å². The number of benzene rings is 10. The zero-order valence-electron chi connectivity index (χ0n) is 34.0. The molecule has 2 heteroatoms. The van der Waals surface area contributed by atoms with Crippen molar-refractivity contribution in [3.63, 3.8) is 0 Å². The minimum absolute atomic E-state index is 0.868. The lowest BCUT2D eigenvalue weighted by atomic mass is 9.86. The minimum atomic E-state index is 0.868. The van der Waals surface area contributed by atoms with E-state index >= 15 is 0 Å². The Kier molecular flexibility index (Phi) is 9.57. The molecular weight excluding hydrogens is 751 g/mol. The van der Waals surface area contributed by atoms with E-state index in [0.717, 1.165) is 61.3 Å². The molecule has 0 saturated heterocycles. The zero-order valence-corrected chi connectivity index (χ0v) is 34.0. The monoisotopic (exact) mass is 791 g/mol. The van der Waals surface area contributed by atoms with E-state index < -0.39 is 0 Å². The predicted molar refractivity (Wildman–Crippen MR) is 261 cm³/mol. The molecule has 10 aromatic carbocycles. The Balaban J connectivity index is 1.10. The molecule has 0 amide bonds. The van der Waals surface area contributed by atoms with E-state index in [4.69, 9.17) is 4.42 Å². The van der Waals surface area contributed by atoms with Gasteiger partial charge < -0.3 is 9.32 Å². The molecule has 0 aliphatic rings. The highest BCUT2D eigenvalue weighted by atomic mass is 16.3. The second-order valence-corrected chi connectivity index (χ2v) is 15.7. The van der Waals surface area contributed by atoms with Gasteiger partial charge in [0, 0.05) is 27.7 Å². The topological polar surface area (TPSA) is 16.4 Å². The van der Waals surface area contributed by atoms with Crippen molar-refractivity contribution in [2.75, 3.05) is 4.90 Å². The van der Waals surface area contributed by atoms with Crippen LogP contribution in [0.4, 0.5) is 17.1 Å². The maximum absolute atomic E-state index is 6.34. The van der Waals surface area contributed by atoms with Crippen molar-refractivity contribution in [3.8, 4) is 66.8 Å². The molecule has 0 radical (unpaired) electrons. The smallest absolute Gasteiger partial charge is 0.135 e. The molecule has 11 rings (SSSR count). The first kappa shape index (κ1) is 36.8. The Morgan fingerprint density at radius 3 is 1.37 bits per heavy atom. The van der Waals surface area contributed by atoms with Crippen LogP contribution in [0.5, 0.6) is 0 Å². The Bertz CT molecular complexity index is 3310. The molecule has 0 aliphatic heterocycles. The highest BCUT2D eigenvalue weighted by Gasteiger charge is 2.22. The highest BCUT2D eigenvalue weighted by molar-refractivity contribution is 6.07. The maximum Gasteiger partial charge on any atom is 0.135 e. The van der Waals surface area contributed by atoms with Crippen LogP contribution in [0.2, 0.25) is 0 Å². The normalized spacial score (nSPS) is 11.2. The quantitative estimate of drug-likeness (QED) is 0.145. The van der Waals surface area contributed by atoms with Crippen molar-refractivity contribution >= 4 is 39.0 Å². The summed E-state index contributed by atoms with van der Waals surface area (Å²) in [5.74, 6) is 0. The summed E-state index contributed by atoms with van der Waals surface area (Å²) in [6.07, 6.45) is 0. The van der Waals surface area contributed by atoms with Crippen LogP contribution in [0, 0.1) is 0 Å². The van der Waals surface area contributed by atoms with Crippen LogP contribution in [0.3, 0.4) is 0 Å². The van der Waals surface area contributed by atoms with Crippen LogP contribution in [0.1, 0.15) is 0 Å². The number of anilines is 3. The predicted octanol–water partition coefficient (Wildman–Crippen LogP) is 17.1. The van der Waals surface area contributed by atoms with Crippen molar-refractivity contribution in [2.24, 2.45) is 0 Å². The molecule has 0 unspecified atom stereocenters. The molecule has 0 atom stereocenters. The lowest BCUT2D eigenvalue weighted by Crippen LogP contribution is -2.11. The second kappa shape index (κ2) is 16.1. The summed E-state index contributed by atoms with van der Waals surface area (Å²) >= 11 is 0. The number of hydrogen-bond acceptors (Lipinski definition) is 2. The number of hydrogen-bond donors (Lipinski definition) is 0. The van der Waals surface area contributed by atoms with Gasteiger partial charge in [0.2, 0.25) is 0 Å². The van der Waals surface area contributed by atoms with E-state index in [9.17, 15) is 0 Å². The lowest BCUT2D eigenvalue weighted by Gasteiger charge is -2.29. The summed E-state index contributed by atoms with van der Waals surface area (Å²) in [7, 11) is 0. The van der Waals surface area contributed by atoms with E-state index in [0.29, 0.717) is 0 Å². The maximum atomic E-state index is 6.34. The number of para-hydroxylation sites is 2. The van der Waals surface area contributed by atoms with Crippen molar-refractivity contribution in [1.29, 1.82) is 0 Å². The Morgan fingerprint density at radius 2 is 0.694 bits per heavy atom. The molecule has 0 N–H and O–H groups in total. The first-order valence-electron chi connectivity index (χ1n) is 21.2. The zero-order chi connectivity index (χ0) is 41.2. The fourth-order valence-corrected chi connectivity index (χ4v) is 8.87.